The van der Waals surface area contributed by atoms with Gasteiger partial charge in [0.25, 0.3) is 5.91 Å². The zero-order valence-corrected chi connectivity index (χ0v) is 16.1. The Kier molecular flexibility index (Phi) is 4.53. The molecule has 0 saturated heterocycles. The number of amides is 1. The number of hydrogen-bond donors (Lipinski definition) is 1. The van der Waals surface area contributed by atoms with Crippen LogP contribution in [-0.4, -0.2) is 29.9 Å². The van der Waals surface area contributed by atoms with Crippen molar-refractivity contribution in [3.63, 3.8) is 0 Å². The van der Waals surface area contributed by atoms with Gasteiger partial charge in [-0.05, 0) is 18.2 Å². The minimum absolute atomic E-state index is 0.265. The van der Waals surface area contributed by atoms with Crippen LogP contribution in [0.3, 0.4) is 0 Å². The molecule has 7 heteroatoms. The van der Waals surface area contributed by atoms with E-state index in [4.69, 9.17) is 9.47 Å². The fourth-order valence-corrected chi connectivity index (χ4v) is 4.32. The van der Waals surface area contributed by atoms with Gasteiger partial charge in [-0.1, -0.05) is 18.2 Å². The molecule has 6 nitrogen and oxygen atoms in total. The molecule has 0 unspecified atom stereocenters. The molecule has 4 rings (SSSR count). The minimum atomic E-state index is -0.265. The smallest absolute Gasteiger partial charge is 0.276 e. The molecule has 0 aliphatic carbocycles. The van der Waals surface area contributed by atoms with Crippen molar-refractivity contribution in [2.75, 3.05) is 19.5 Å². The van der Waals surface area contributed by atoms with Crippen LogP contribution in [0.5, 0.6) is 11.5 Å². The standard InChI is InChI=1S/C20H19N3O3S/c1-23-19-13-6-4-5-7-17(13)27-11-14(19)18(22-23)20(24)21-15-10-12(25-2)8-9-16(15)26-3/h4-10H,11H2,1-3H3,(H,21,24). The number of methoxy groups -OCH3 is 2. The Morgan fingerprint density at radius 1 is 1.19 bits per heavy atom. The summed E-state index contributed by atoms with van der Waals surface area (Å²) in [6.45, 7) is 0. The predicted octanol–water partition coefficient (Wildman–Crippen LogP) is 3.96. The summed E-state index contributed by atoms with van der Waals surface area (Å²) in [4.78, 5) is 14.2. The van der Waals surface area contributed by atoms with E-state index in [0.717, 1.165) is 16.8 Å². The van der Waals surface area contributed by atoms with Crippen molar-refractivity contribution in [2.45, 2.75) is 10.6 Å². The highest BCUT2D eigenvalue weighted by molar-refractivity contribution is 7.98. The summed E-state index contributed by atoms with van der Waals surface area (Å²) in [5.74, 6) is 1.64. The molecular formula is C20H19N3O3S. The number of carbonyl (C=O) groups is 1. The molecule has 1 amide bonds. The zero-order valence-electron chi connectivity index (χ0n) is 15.3. The van der Waals surface area contributed by atoms with E-state index in [0.29, 0.717) is 28.6 Å². The number of anilines is 1. The summed E-state index contributed by atoms with van der Waals surface area (Å²) < 4.78 is 12.4. The summed E-state index contributed by atoms with van der Waals surface area (Å²) in [5, 5.41) is 7.42. The molecule has 3 aromatic rings. The Morgan fingerprint density at radius 2 is 2.00 bits per heavy atom. The number of benzene rings is 2. The highest BCUT2D eigenvalue weighted by atomic mass is 32.2. The SMILES string of the molecule is COc1ccc(OC)c(NC(=O)c2nn(C)c3c2CSc2ccccc2-3)c1. The maximum Gasteiger partial charge on any atom is 0.276 e. The topological polar surface area (TPSA) is 65.4 Å². The van der Waals surface area contributed by atoms with E-state index in [1.165, 1.54) is 4.90 Å². The number of hydrogen-bond acceptors (Lipinski definition) is 5. The van der Waals surface area contributed by atoms with Crippen molar-refractivity contribution in [2.24, 2.45) is 7.05 Å². The van der Waals surface area contributed by atoms with Gasteiger partial charge in [-0.3, -0.25) is 9.48 Å². The predicted molar refractivity (Wildman–Crippen MR) is 106 cm³/mol. The highest BCUT2D eigenvalue weighted by Gasteiger charge is 2.27. The number of aromatic nitrogens is 2. The number of ether oxygens (including phenoxy) is 2. The normalized spacial score (nSPS) is 12.1. The lowest BCUT2D eigenvalue weighted by atomic mass is 10.1. The molecule has 0 atom stereocenters. The lowest BCUT2D eigenvalue weighted by molar-refractivity contribution is 0.102. The maximum absolute atomic E-state index is 13.0. The van der Waals surface area contributed by atoms with Crippen LogP contribution in [-0.2, 0) is 12.8 Å². The van der Waals surface area contributed by atoms with Gasteiger partial charge >= 0.3 is 0 Å². The molecule has 27 heavy (non-hydrogen) atoms. The van der Waals surface area contributed by atoms with Gasteiger partial charge in [0.05, 0.1) is 25.6 Å². The summed E-state index contributed by atoms with van der Waals surface area (Å²) in [6, 6.07) is 13.5. The lowest BCUT2D eigenvalue weighted by Gasteiger charge is -2.17. The molecule has 138 valence electrons. The molecule has 1 N–H and O–H groups in total. The van der Waals surface area contributed by atoms with E-state index in [1.54, 1.807) is 48.9 Å². The Labute approximate surface area is 161 Å². The fraction of sp³-hybridized carbons (Fsp3) is 0.200. The second-order valence-corrected chi connectivity index (χ2v) is 7.12. The van der Waals surface area contributed by atoms with Gasteiger partial charge < -0.3 is 14.8 Å². The van der Waals surface area contributed by atoms with E-state index in [1.807, 2.05) is 19.2 Å². The van der Waals surface area contributed by atoms with E-state index in [9.17, 15) is 4.79 Å². The zero-order chi connectivity index (χ0) is 19.0. The third kappa shape index (κ3) is 3.04. The lowest BCUT2D eigenvalue weighted by Crippen LogP contribution is -2.15. The van der Waals surface area contributed by atoms with Crippen LogP contribution in [0.25, 0.3) is 11.3 Å². The summed E-state index contributed by atoms with van der Waals surface area (Å²) in [6.07, 6.45) is 0. The van der Waals surface area contributed by atoms with Crippen LogP contribution in [0.4, 0.5) is 5.69 Å². The van der Waals surface area contributed by atoms with Gasteiger partial charge in [0, 0.05) is 34.9 Å². The summed E-state index contributed by atoms with van der Waals surface area (Å²) in [5.41, 5.74) is 4.02. The molecular weight excluding hydrogens is 362 g/mol. The molecule has 1 aromatic heterocycles. The molecule has 0 radical (unpaired) electrons. The molecule has 2 heterocycles. The Balaban J connectivity index is 1.71. The van der Waals surface area contributed by atoms with E-state index in [-0.39, 0.29) is 5.91 Å². The number of nitrogens with zero attached hydrogens (tertiary/aromatic N) is 2. The number of thioether (sulfide) groups is 1. The first-order valence-corrected chi connectivity index (χ1v) is 9.42. The first kappa shape index (κ1) is 17.5. The van der Waals surface area contributed by atoms with Crippen molar-refractivity contribution >= 4 is 23.4 Å². The molecule has 0 fully saturated rings. The Morgan fingerprint density at radius 3 is 2.78 bits per heavy atom. The summed E-state index contributed by atoms with van der Waals surface area (Å²) in [7, 11) is 5.01. The molecule has 2 aromatic carbocycles. The van der Waals surface area contributed by atoms with Crippen LogP contribution in [0.2, 0.25) is 0 Å². The largest absolute Gasteiger partial charge is 0.497 e. The van der Waals surface area contributed by atoms with Crippen LogP contribution in [0.15, 0.2) is 47.4 Å². The minimum Gasteiger partial charge on any atom is -0.497 e. The van der Waals surface area contributed by atoms with Crippen LogP contribution < -0.4 is 14.8 Å². The van der Waals surface area contributed by atoms with Crippen molar-refractivity contribution in [3.8, 4) is 22.8 Å². The first-order valence-electron chi connectivity index (χ1n) is 8.44. The summed E-state index contributed by atoms with van der Waals surface area (Å²) >= 11 is 1.72. The number of carbonyl (C=O) groups excluding carboxylic acids is 1. The van der Waals surface area contributed by atoms with Gasteiger partial charge in [-0.25, -0.2) is 0 Å². The second-order valence-electron chi connectivity index (χ2n) is 6.10. The van der Waals surface area contributed by atoms with E-state index in [2.05, 4.69) is 22.5 Å². The quantitative estimate of drug-likeness (QED) is 0.741. The Hall–Kier alpha value is -2.93. The number of nitrogens with one attached hydrogen (secondary N) is 1. The van der Waals surface area contributed by atoms with E-state index < -0.39 is 0 Å². The van der Waals surface area contributed by atoms with Gasteiger partial charge in [0.1, 0.15) is 11.5 Å². The third-order valence-electron chi connectivity index (χ3n) is 4.53. The van der Waals surface area contributed by atoms with Crippen molar-refractivity contribution in [3.05, 3.63) is 53.7 Å². The first-order chi connectivity index (χ1) is 13.1. The fourth-order valence-electron chi connectivity index (χ4n) is 3.26. The molecule has 0 saturated carbocycles. The molecule has 0 spiro atoms. The third-order valence-corrected chi connectivity index (χ3v) is 5.63. The molecule has 1 aliphatic heterocycles. The average molecular weight is 381 g/mol. The van der Waals surface area contributed by atoms with Crippen molar-refractivity contribution < 1.29 is 14.3 Å². The van der Waals surface area contributed by atoms with Crippen LogP contribution in [0.1, 0.15) is 16.1 Å². The van der Waals surface area contributed by atoms with E-state index >= 15 is 0 Å². The van der Waals surface area contributed by atoms with Crippen molar-refractivity contribution in [1.82, 2.24) is 9.78 Å². The number of aryl methyl sites for hydroxylation is 1. The van der Waals surface area contributed by atoms with Gasteiger partial charge in [0.15, 0.2) is 5.69 Å². The van der Waals surface area contributed by atoms with Crippen molar-refractivity contribution in [1.29, 1.82) is 0 Å². The number of fused-ring (bicyclic) bond motifs is 3. The maximum atomic E-state index is 13.0. The number of rotatable bonds is 4. The van der Waals surface area contributed by atoms with Gasteiger partial charge in [-0.2, -0.15) is 5.10 Å². The molecule has 0 bridgehead atoms. The van der Waals surface area contributed by atoms with Gasteiger partial charge in [-0.15, -0.1) is 11.8 Å². The van der Waals surface area contributed by atoms with Crippen LogP contribution >= 0.6 is 11.8 Å². The van der Waals surface area contributed by atoms with Gasteiger partial charge in [0.2, 0.25) is 0 Å². The molecule has 1 aliphatic rings. The van der Waals surface area contributed by atoms with Crippen LogP contribution in [0, 0.1) is 0 Å². The average Bonchev–Trinajstić information content (AvgIpc) is 3.05. The monoisotopic (exact) mass is 381 g/mol. The highest BCUT2D eigenvalue weighted by Crippen LogP contribution is 2.42. The Bertz CT molecular complexity index is 1030. The second kappa shape index (κ2) is 7.00.